The van der Waals surface area contributed by atoms with Gasteiger partial charge in [-0.3, -0.25) is 4.79 Å². The molecule has 2 aromatic rings. The first-order valence-corrected chi connectivity index (χ1v) is 6.67. The molecule has 21 heavy (non-hydrogen) atoms. The fourth-order valence-electron chi connectivity index (χ4n) is 2.74. The topological polar surface area (TPSA) is 34.9 Å². The predicted octanol–water partition coefficient (Wildman–Crippen LogP) is 3.72. The fourth-order valence-corrected chi connectivity index (χ4v) is 2.74. The number of fused-ring (bicyclic) bond motifs is 1. The van der Waals surface area contributed by atoms with Crippen LogP contribution in [0.2, 0.25) is 0 Å². The van der Waals surface area contributed by atoms with E-state index >= 15 is 0 Å². The van der Waals surface area contributed by atoms with Crippen molar-refractivity contribution in [3.8, 4) is 5.69 Å². The molecule has 1 heterocycles. The van der Waals surface area contributed by atoms with E-state index in [9.17, 15) is 18.0 Å². The van der Waals surface area contributed by atoms with E-state index in [-0.39, 0.29) is 5.78 Å². The molecule has 1 aromatic heterocycles. The van der Waals surface area contributed by atoms with E-state index in [0.717, 1.165) is 12.1 Å². The highest BCUT2D eigenvalue weighted by Gasteiger charge is 2.31. The number of alkyl halides is 3. The Morgan fingerprint density at radius 1 is 1.24 bits per heavy atom. The predicted molar refractivity (Wildman–Crippen MR) is 70.6 cm³/mol. The van der Waals surface area contributed by atoms with Crippen LogP contribution in [-0.4, -0.2) is 15.6 Å². The maximum absolute atomic E-state index is 12.8. The second-order valence-corrected chi connectivity index (χ2v) is 5.14. The number of Topliss-reactive ketones (excluding diaryl/α,β-unsaturated/α-hetero) is 1. The molecule has 0 fully saturated rings. The van der Waals surface area contributed by atoms with Crippen LogP contribution in [0.5, 0.6) is 0 Å². The minimum absolute atomic E-state index is 0.0203. The Balaban J connectivity index is 2.14. The van der Waals surface area contributed by atoms with Gasteiger partial charge in [-0.25, -0.2) is 4.68 Å². The van der Waals surface area contributed by atoms with Crippen molar-refractivity contribution in [2.75, 3.05) is 0 Å². The smallest absolute Gasteiger partial charge is 0.294 e. The molecular formula is C15H13F3N2O. The minimum Gasteiger partial charge on any atom is -0.294 e. The summed E-state index contributed by atoms with van der Waals surface area (Å²) in [5.74, 6) is 0.0203. The molecule has 0 atom stereocenters. The standard InChI is InChI=1S/C15H13F3N2O/c1-9-14-12(6-3-7-13(14)21)20(19-9)11-5-2-4-10(8-11)15(16,17)18/h2,4-5,8H,3,6-7H2,1H3. The monoisotopic (exact) mass is 294 g/mol. The van der Waals surface area contributed by atoms with Gasteiger partial charge >= 0.3 is 6.18 Å². The first-order chi connectivity index (χ1) is 9.88. The molecule has 0 saturated heterocycles. The van der Waals surface area contributed by atoms with Crippen LogP contribution in [0.4, 0.5) is 13.2 Å². The van der Waals surface area contributed by atoms with Gasteiger partial charge in [0.15, 0.2) is 5.78 Å². The van der Waals surface area contributed by atoms with Gasteiger partial charge in [-0.05, 0) is 38.0 Å². The lowest BCUT2D eigenvalue weighted by atomic mass is 9.94. The largest absolute Gasteiger partial charge is 0.416 e. The summed E-state index contributed by atoms with van der Waals surface area (Å²) in [6.07, 6.45) is -2.57. The van der Waals surface area contributed by atoms with Gasteiger partial charge in [0.2, 0.25) is 0 Å². The van der Waals surface area contributed by atoms with Gasteiger partial charge in [-0.2, -0.15) is 18.3 Å². The summed E-state index contributed by atoms with van der Waals surface area (Å²) in [7, 11) is 0. The number of aryl methyl sites for hydroxylation is 1. The molecule has 0 radical (unpaired) electrons. The Morgan fingerprint density at radius 3 is 2.71 bits per heavy atom. The number of benzene rings is 1. The summed E-state index contributed by atoms with van der Waals surface area (Å²) in [6, 6.07) is 5.01. The number of carbonyl (C=O) groups excluding carboxylic acids is 1. The van der Waals surface area contributed by atoms with Crippen LogP contribution in [0.3, 0.4) is 0 Å². The summed E-state index contributed by atoms with van der Waals surface area (Å²) < 4.78 is 39.9. The van der Waals surface area contributed by atoms with Crippen LogP contribution < -0.4 is 0 Å². The molecule has 0 spiro atoms. The highest BCUT2D eigenvalue weighted by Crippen LogP contribution is 2.32. The molecule has 0 saturated carbocycles. The number of hydrogen-bond acceptors (Lipinski definition) is 2. The number of halogens is 3. The number of hydrogen-bond donors (Lipinski definition) is 0. The molecule has 3 nitrogen and oxygen atoms in total. The van der Waals surface area contributed by atoms with Crippen LogP contribution in [0.1, 0.15) is 40.2 Å². The normalized spacial score (nSPS) is 15.1. The van der Waals surface area contributed by atoms with Gasteiger partial charge in [-0.15, -0.1) is 0 Å². The molecule has 0 amide bonds. The van der Waals surface area contributed by atoms with Crippen molar-refractivity contribution >= 4 is 5.78 Å². The SMILES string of the molecule is Cc1nn(-c2cccc(C(F)(F)F)c2)c2c1C(=O)CCC2. The van der Waals surface area contributed by atoms with E-state index in [1.165, 1.54) is 10.7 Å². The quantitative estimate of drug-likeness (QED) is 0.803. The van der Waals surface area contributed by atoms with E-state index in [1.807, 2.05) is 0 Å². The first kappa shape index (κ1) is 13.9. The van der Waals surface area contributed by atoms with Crippen molar-refractivity contribution in [3.05, 3.63) is 46.8 Å². The molecule has 110 valence electrons. The number of rotatable bonds is 1. The average molecular weight is 294 g/mol. The third kappa shape index (κ3) is 2.34. The highest BCUT2D eigenvalue weighted by molar-refractivity contribution is 5.99. The second-order valence-electron chi connectivity index (χ2n) is 5.14. The highest BCUT2D eigenvalue weighted by atomic mass is 19.4. The molecule has 0 N–H and O–H groups in total. The molecule has 1 aliphatic rings. The third-order valence-corrected chi connectivity index (χ3v) is 3.67. The van der Waals surface area contributed by atoms with Crippen molar-refractivity contribution in [2.45, 2.75) is 32.4 Å². The zero-order chi connectivity index (χ0) is 15.2. The molecular weight excluding hydrogens is 281 g/mol. The van der Waals surface area contributed by atoms with Crippen molar-refractivity contribution in [1.29, 1.82) is 0 Å². The van der Waals surface area contributed by atoms with E-state index in [4.69, 9.17) is 0 Å². The van der Waals surface area contributed by atoms with Crippen LogP contribution in [0.25, 0.3) is 5.69 Å². The zero-order valence-electron chi connectivity index (χ0n) is 11.4. The van der Waals surface area contributed by atoms with Gasteiger partial charge < -0.3 is 0 Å². The lowest BCUT2D eigenvalue weighted by Crippen LogP contribution is -2.13. The van der Waals surface area contributed by atoms with Crippen LogP contribution in [0, 0.1) is 6.92 Å². The average Bonchev–Trinajstić information content (AvgIpc) is 2.77. The first-order valence-electron chi connectivity index (χ1n) is 6.67. The number of aromatic nitrogens is 2. The van der Waals surface area contributed by atoms with Crippen molar-refractivity contribution in [2.24, 2.45) is 0 Å². The lowest BCUT2D eigenvalue weighted by Gasteiger charge is -2.14. The van der Waals surface area contributed by atoms with Crippen molar-refractivity contribution in [3.63, 3.8) is 0 Å². The lowest BCUT2D eigenvalue weighted by molar-refractivity contribution is -0.137. The van der Waals surface area contributed by atoms with Gasteiger partial charge in [-0.1, -0.05) is 6.07 Å². The number of nitrogens with zero attached hydrogens (tertiary/aromatic N) is 2. The van der Waals surface area contributed by atoms with Gasteiger partial charge in [0.25, 0.3) is 0 Å². The van der Waals surface area contributed by atoms with E-state index in [1.54, 1.807) is 13.0 Å². The molecule has 6 heteroatoms. The number of ketones is 1. The summed E-state index contributed by atoms with van der Waals surface area (Å²) >= 11 is 0. The maximum Gasteiger partial charge on any atom is 0.416 e. The number of carbonyl (C=O) groups is 1. The van der Waals surface area contributed by atoms with Crippen molar-refractivity contribution < 1.29 is 18.0 Å². The Morgan fingerprint density at radius 2 is 2.00 bits per heavy atom. The summed E-state index contributed by atoms with van der Waals surface area (Å²) in [6.45, 7) is 1.71. The van der Waals surface area contributed by atoms with E-state index in [2.05, 4.69) is 5.10 Å². The summed E-state index contributed by atoms with van der Waals surface area (Å²) in [5, 5.41) is 4.26. The molecule has 0 aliphatic heterocycles. The third-order valence-electron chi connectivity index (χ3n) is 3.67. The Hall–Kier alpha value is -2.11. The van der Waals surface area contributed by atoms with Crippen LogP contribution in [-0.2, 0) is 12.6 Å². The molecule has 1 aliphatic carbocycles. The summed E-state index contributed by atoms with van der Waals surface area (Å²) in [5.41, 5.74) is 1.47. The molecule has 0 bridgehead atoms. The van der Waals surface area contributed by atoms with Crippen LogP contribution in [0.15, 0.2) is 24.3 Å². The van der Waals surface area contributed by atoms with Crippen molar-refractivity contribution in [1.82, 2.24) is 9.78 Å². The van der Waals surface area contributed by atoms with E-state index in [0.29, 0.717) is 41.9 Å². The fraction of sp³-hybridized carbons (Fsp3) is 0.333. The molecule has 1 aromatic carbocycles. The van der Waals surface area contributed by atoms with Gasteiger partial charge in [0.05, 0.1) is 28.2 Å². The Kier molecular flexibility index (Phi) is 3.11. The second kappa shape index (κ2) is 4.72. The Bertz CT molecular complexity index is 716. The van der Waals surface area contributed by atoms with E-state index < -0.39 is 11.7 Å². The minimum atomic E-state index is -4.39. The van der Waals surface area contributed by atoms with Gasteiger partial charge in [0.1, 0.15) is 0 Å². The van der Waals surface area contributed by atoms with Crippen LogP contribution >= 0.6 is 0 Å². The zero-order valence-corrected chi connectivity index (χ0v) is 11.4. The molecule has 0 unspecified atom stereocenters. The maximum atomic E-state index is 12.8. The van der Waals surface area contributed by atoms with Gasteiger partial charge in [0, 0.05) is 6.42 Å². The molecule has 3 rings (SSSR count). The summed E-state index contributed by atoms with van der Waals surface area (Å²) in [4.78, 5) is 11.9. The Labute approximate surface area is 119 Å².